The molecule has 2 saturated heterocycles. The summed E-state index contributed by atoms with van der Waals surface area (Å²) in [5.41, 5.74) is 1.27. The summed E-state index contributed by atoms with van der Waals surface area (Å²) in [7, 11) is 0. The van der Waals surface area contributed by atoms with Crippen molar-refractivity contribution in [2.75, 3.05) is 32.7 Å². The van der Waals surface area contributed by atoms with Gasteiger partial charge in [0.25, 0.3) is 0 Å². The molecule has 1 aromatic carbocycles. The quantitative estimate of drug-likeness (QED) is 0.729. The lowest BCUT2D eigenvalue weighted by atomic mass is 9.92. The molecule has 170 valence electrons. The molecule has 1 aliphatic carbocycles. The molecule has 1 aromatic rings. The summed E-state index contributed by atoms with van der Waals surface area (Å²) in [4.78, 5) is 29.4. The highest BCUT2D eigenvalue weighted by Crippen LogP contribution is 2.32. The number of hydrogen-bond acceptors (Lipinski definition) is 3. The lowest BCUT2D eigenvalue weighted by molar-refractivity contribution is -0.126. The number of amides is 3. The highest BCUT2D eigenvalue weighted by atomic mass is 16.2. The van der Waals surface area contributed by atoms with Crippen molar-refractivity contribution < 1.29 is 9.59 Å². The lowest BCUT2D eigenvalue weighted by Gasteiger charge is -2.36. The Morgan fingerprint density at radius 3 is 2.23 bits per heavy atom. The van der Waals surface area contributed by atoms with Crippen LogP contribution in [0.1, 0.15) is 69.9 Å². The van der Waals surface area contributed by atoms with Crippen molar-refractivity contribution in [1.29, 1.82) is 0 Å². The van der Waals surface area contributed by atoms with Crippen LogP contribution in [-0.2, 0) is 4.79 Å². The Hall–Kier alpha value is -2.08. The van der Waals surface area contributed by atoms with Crippen molar-refractivity contribution in [3.05, 3.63) is 35.9 Å². The summed E-state index contributed by atoms with van der Waals surface area (Å²) in [6, 6.07) is 11.0. The minimum absolute atomic E-state index is 0.0165. The number of nitrogens with zero attached hydrogens (tertiary/aromatic N) is 2. The van der Waals surface area contributed by atoms with Gasteiger partial charge in [0.05, 0.1) is 0 Å². The van der Waals surface area contributed by atoms with Gasteiger partial charge in [-0.2, -0.15) is 0 Å². The van der Waals surface area contributed by atoms with Gasteiger partial charge in [0.15, 0.2) is 0 Å². The molecule has 0 radical (unpaired) electrons. The van der Waals surface area contributed by atoms with E-state index in [4.69, 9.17) is 0 Å². The Morgan fingerprint density at radius 1 is 0.968 bits per heavy atom. The van der Waals surface area contributed by atoms with E-state index < -0.39 is 0 Å². The molecule has 1 saturated carbocycles. The Bertz CT molecular complexity index is 733. The summed E-state index contributed by atoms with van der Waals surface area (Å²) in [5, 5.41) is 7.12. The molecule has 0 aromatic heterocycles. The maximum absolute atomic E-state index is 12.9. The minimum atomic E-state index is -0.0165. The maximum Gasteiger partial charge on any atom is 0.319 e. The second-order valence-electron chi connectivity index (χ2n) is 9.72. The fourth-order valence-electron chi connectivity index (χ4n) is 5.55. The topological polar surface area (TPSA) is 64.7 Å². The minimum Gasteiger partial charge on any atom is -0.354 e. The SMILES string of the molecule is CC(NC1(CNC(=O)C2CCN(C(=O)N3CCCC3)CC2)CCCC1)c1ccccc1. The van der Waals surface area contributed by atoms with E-state index in [2.05, 4.69) is 41.8 Å². The van der Waals surface area contributed by atoms with E-state index in [0.29, 0.717) is 19.6 Å². The molecule has 2 N–H and O–H groups in total. The number of carbonyl (C=O) groups excluding carboxylic acids is 2. The van der Waals surface area contributed by atoms with Crippen molar-refractivity contribution >= 4 is 11.9 Å². The first-order valence-electron chi connectivity index (χ1n) is 12.2. The van der Waals surface area contributed by atoms with Crippen LogP contribution in [0.2, 0.25) is 0 Å². The number of piperidine rings is 1. The number of urea groups is 1. The van der Waals surface area contributed by atoms with Crippen molar-refractivity contribution in [2.45, 2.75) is 69.9 Å². The van der Waals surface area contributed by atoms with E-state index in [1.807, 2.05) is 15.9 Å². The third-order valence-corrected chi connectivity index (χ3v) is 7.50. The van der Waals surface area contributed by atoms with Crippen LogP contribution >= 0.6 is 0 Å². The third kappa shape index (κ3) is 5.40. The van der Waals surface area contributed by atoms with Crippen LogP contribution in [0.3, 0.4) is 0 Å². The molecule has 3 aliphatic rings. The molecule has 2 aliphatic heterocycles. The number of benzene rings is 1. The van der Waals surface area contributed by atoms with Crippen molar-refractivity contribution in [3.63, 3.8) is 0 Å². The highest BCUT2D eigenvalue weighted by molar-refractivity contribution is 5.80. The molecule has 3 fully saturated rings. The highest BCUT2D eigenvalue weighted by Gasteiger charge is 2.36. The summed E-state index contributed by atoms with van der Waals surface area (Å²) < 4.78 is 0. The zero-order valence-corrected chi connectivity index (χ0v) is 18.9. The third-order valence-electron chi connectivity index (χ3n) is 7.50. The first-order chi connectivity index (χ1) is 15.1. The first-order valence-corrected chi connectivity index (χ1v) is 12.2. The molecule has 6 heteroatoms. The van der Waals surface area contributed by atoms with Gasteiger partial charge in [-0.3, -0.25) is 4.79 Å². The number of carbonyl (C=O) groups is 2. The Kier molecular flexibility index (Phi) is 7.16. The van der Waals surface area contributed by atoms with Crippen molar-refractivity contribution in [3.8, 4) is 0 Å². The van der Waals surface area contributed by atoms with E-state index >= 15 is 0 Å². The van der Waals surface area contributed by atoms with Gasteiger partial charge >= 0.3 is 6.03 Å². The first kappa shape index (κ1) is 22.1. The molecule has 0 bridgehead atoms. The Labute approximate surface area is 186 Å². The molecule has 31 heavy (non-hydrogen) atoms. The predicted molar refractivity (Wildman–Crippen MR) is 123 cm³/mol. The lowest BCUT2D eigenvalue weighted by Crippen LogP contribution is -2.54. The molecule has 1 unspecified atom stereocenters. The van der Waals surface area contributed by atoms with E-state index in [0.717, 1.165) is 51.6 Å². The predicted octanol–water partition coefficient (Wildman–Crippen LogP) is 3.69. The van der Waals surface area contributed by atoms with Gasteiger partial charge in [-0.25, -0.2) is 4.79 Å². The number of hydrogen-bond donors (Lipinski definition) is 2. The van der Waals surface area contributed by atoms with E-state index in [-0.39, 0.29) is 29.4 Å². The zero-order valence-electron chi connectivity index (χ0n) is 18.9. The van der Waals surface area contributed by atoms with Crippen LogP contribution in [0.25, 0.3) is 0 Å². The summed E-state index contributed by atoms with van der Waals surface area (Å²) in [5.74, 6) is 0.182. The van der Waals surface area contributed by atoms with Crippen molar-refractivity contribution in [2.24, 2.45) is 5.92 Å². The largest absolute Gasteiger partial charge is 0.354 e. The average Bonchev–Trinajstić information content (AvgIpc) is 3.51. The molecule has 6 nitrogen and oxygen atoms in total. The standard InChI is InChI=1S/C25H38N4O2/c1-20(21-9-3-2-4-10-21)27-25(13-5-6-14-25)19-26-23(30)22-11-17-29(18-12-22)24(31)28-15-7-8-16-28/h2-4,9-10,20,22,27H,5-8,11-19H2,1H3,(H,26,30). The fourth-order valence-corrected chi connectivity index (χ4v) is 5.55. The van der Waals surface area contributed by atoms with Gasteiger partial charge < -0.3 is 20.4 Å². The number of likely N-dealkylation sites (tertiary alicyclic amines) is 2. The molecule has 0 spiro atoms. The van der Waals surface area contributed by atoms with E-state index in [1.54, 1.807) is 0 Å². The van der Waals surface area contributed by atoms with Gasteiger partial charge in [-0.15, -0.1) is 0 Å². The molecule has 1 atom stereocenters. The average molecular weight is 427 g/mol. The summed E-state index contributed by atoms with van der Waals surface area (Å²) in [6.45, 7) is 6.06. The van der Waals surface area contributed by atoms with Gasteiger partial charge in [0.1, 0.15) is 0 Å². The number of nitrogens with one attached hydrogen (secondary N) is 2. The van der Waals surface area contributed by atoms with Crippen LogP contribution in [0.15, 0.2) is 30.3 Å². The van der Waals surface area contributed by atoms with Crippen LogP contribution in [0.5, 0.6) is 0 Å². The molecular formula is C25H38N4O2. The van der Waals surface area contributed by atoms with Gasteiger partial charge in [-0.1, -0.05) is 43.2 Å². The molecular weight excluding hydrogens is 388 g/mol. The molecule has 3 amide bonds. The summed E-state index contributed by atoms with van der Waals surface area (Å²) >= 11 is 0. The van der Waals surface area contributed by atoms with Crippen LogP contribution in [0.4, 0.5) is 4.79 Å². The number of rotatable bonds is 6. The second-order valence-corrected chi connectivity index (χ2v) is 9.72. The van der Waals surface area contributed by atoms with Crippen LogP contribution in [0, 0.1) is 5.92 Å². The van der Waals surface area contributed by atoms with Gasteiger partial charge in [0, 0.05) is 50.2 Å². The maximum atomic E-state index is 12.9. The monoisotopic (exact) mass is 426 g/mol. The summed E-state index contributed by atoms with van der Waals surface area (Å²) in [6.07, 6.45) is 8.40. The van der Waals surface area contributed by atoms with Crippen LogP contribution < -0.4 is 10.6 Å². The molecule has 4 rings (SSSR count). The van der Waals surface area contributed by atoms with Gasteiger partial charge in [-0.05, 0) is 51.0 Å². The van der Waals surface area contributed by atoms with E-state index in [1.165, 1.54) is 18.4 Å². The van der Waals surface area contributed by atoms with Crippen molar-refractivity contribution in [1.82, 2.24) is 20.4 Å². The Balaban J connectivity index is 1.26. The molecule has 2 heterocycles. The van der Waals surface area contributed by atoms with Crippen LogP contribution in [-0.4, -0.2) is 60.0 Å². The fraction of sp³-hybridized carbons (Fsp3) is 0.680. The Morgan fingerprint density at radius 2 is 1.58 bits per heavy atom. The second kappa shape index (κ2) is 10.0. The van der Waals surface area contributed by atoms with E-state index in [9.17, 15) is 9.59 Å². The normalized spacial score (nSPS) is 22.5. The smallest absolute Gasteiger partial charge is 0.319 e. The zero-order chi connectivity index (χ0) is 21.7. The van der Waals surface area contributed by atoms with Gasteiger partial charge in [0.2, 0.25) is 5.91 Å².